The van der Waals surface area contributed by atoms with E-state index in [1.54, 1.807) is 6.20 Å². The molecule has 0 atom stereocenters. The smallest absolute Gasteiger partial charge is 0.194 e. The van der Waals surface area contributed by atoms with Crippen LogP contribution in [0.15, 0.2) is 207 Å². The SMILES string of the molecule is [C-]#[N+]c1ccccc1-c1ccc2c(c1)c1cc(-c3ccccc3C#N)ccc1n2-c1ccc(C#N)c(-c2cnccc2-n2c3ccc(-c4ccccc4C#N)cc3c3cc(-c4ccccc4C#N)ccc32)c1. The number of rotatable bonds is 7. The summed E-state index contributed by atoms with van der Waals surface area (Å²) in [4.78, 5) is 8.51. The van der Waals surface area contributed by atoms with Gasteiger partial charge in [0.2, 0.25) is 0 Å². The summed E-state index contributed by atoms with van der Waals surface area (Å²) in [6, 6.07) is 72.9. The third-order valence-electron chi connectivity index (χ3n) is 13.7. The van der Waals surface area contributed by atoms with Crippen molar-refractivity contribution >= 4 is 49.3 Å². The second-order valence-corrected chi connectivity index (χ2v) is 17.4. The molecule has 0 bridgehead atoms. The van der Waals surface area contributed by atoms with Crippen LogP contribution in [0.4, 0.5) is 5.69 Å². The zero-order valence-corrected chi connectivity index (χ0v) is 38.2. The number of fused-ring (bicyclic) bond motifs is 6. The fourth-order valence-electron chi connectivity index (χ4n) is 10.3. The Morgan fingerprint density at radius 2 is 0.778 bits per heavy atom. The number of hydrogen-bond donors (Lipinski definition) is 0. The third-order valence-corrected chi connectivity index (χ3v) is 13.7. The maximum atomic E-state index is 10.9. The van der Waals surface area contributed by atoms with E-state index in [2.05, 4.69) is 97.8 Å². The molecule has 0 saturated carbocycles. The van der Waals surface area contributed by atoms with Crippen molar-refractivity contribution in [2.75, 3.05) is 0 Å². The van der Waals surface area contributed by atoms with Gasteiger partial charge < -0.3 is 9.13 Å². The Morgan fingerprint density at radius 3 is 1.24 bits per heavy atom. The molecule has 0 radical (unpaired) electrons. The lowest BCUT2D eigenvalue weighted by atomic mass is 9.96. The Labute approximate surface area is 414 Å². The van der Waals surface area contributed by atoms with Crippen LogP contribution in [-0.4, -0.2) is 14.1 Å². The van der Waals surface area contributed by atoms with E-state index in [0.717, 1.165) is 105 Å². The highest BCUT2D eigenvalue weighted by atomic mass is 15.0. The molecule has 8 heteroatoms. The molecule has 0 unspecified atom stereocenters. The molecule has 3 aromatic heterocycles. The van der Waals surface area contributed by atoms with Crippen molar-refractivity contribution in [2.45, 2.75) is 0 Å². The van der Waals surface area contributed by atoms with Crippen LogP contribution < -0.4 is 0 Å². The van der Waals surface area contributed by atoms with Crippen LogP contribution in [0.5, 0.6) is 0 Å². The largest absolute Gasteiger partial charge is 0.309 e. The number of nitrogens with zero attached hydrogens (tertiary/aromatic N) is 8. The quantitative estimate of drug-likeness (QED) is 0.147. The van der Waals surface area contributed by atoms with Gasteiger partial charge in [-0.25, -0.2) is 4.85 Å². The standard InChI is InChI=1S/C64H34N8/c1-69-59-17-9-8-16-52(59)43-22-25-61-55(33-43)54-30-40(49-13-5-2-10-44(49)35-65)19-24-60(54)71(61)48-23-18-47(38-68)53(34-48)58-39-70-29-28-64(58)72-62-26-20-41(50-14-6-3-11-45(50)36-66)31-56(62)57-32-42(21-27-63(57)72)51-15-7-4-12-46(51)37-67/h2-34,39H. The summed E-state index contributed by atoms with van der Waals surface area (Å²) in [5, 5.41) is 45.0. The highest BCUT2D eigenvalue weighted by molar-refractivity contribution is 6.14. The zero-order chi connectivity index (χ0) is 48.9. The van der Waals surface area contributed by atoms with Gasteiger partial charge in [-0.05, 0) is 136 Å². The van der Waals surface area contributed by atoms with Gasteiger partial charge in [0.25, 0.3) is 0 Å². The average molecular weight is 915 g/mol. The van der Waals surface area contributed by atoms with E-state index < -0.39 is 0 Å². The molecule has 0 N–H and O–H groups in total. The monoisotopic (exact) mass is 914 g/mol. The predicted molar refractivity (Wildman–Crippen MR) is 285 cm³/mol. The summed E-state index contributed by atoms with van der Waals surface area (Å²) in [6.45, 7) is 7.93. The first-order valence-electron chi connectivity index (χ1n) is 23.1. The van der Waals surface area contributed by atoms with Crippen LogP contribution in [0.2, 0.25) is 0 Å². The number of benzene rings is 9. The molecule has 0 saturated heterocycles. The van der Waals surface area contributed by atoms with Crippen molar-refractivity contribution in [3.8, 4) is 91.3 Å². The molecule has 0 fully saturated rings. The lowest BCUT2D eigenvalue weighted by molar-refractivity contribution is 1.15. The molecule has 0 amide bonds. The highest BCUT2D eigenvalue weighted by Gasteiger charge is 2.22. The normalized spacial score (nSPS) is 11.0. The molecule has 330 valence electrons. The minimum Gasteiger partial charge on any atom is -0.309 e. The molecular weight excluding hydrogens is 881 g/mol. The number of nitriles is 4. The summed E-state index contributed by atoms with van der Waals surface area (Å²) in [6.07, 6.45) is 3.58. The van der Waals surface area contributed by atoms with Gasteiger partial charge in [-0.2, -0.15) is 21.0 Å². The van der Waals surface area contributed by atoms with Crippen molar-refractivity contribution in [2.24, 2.45) is 0 Å². The second-order valence-electron chi connectivity index (χ2n) is 17.4. The topological polar surface area (TPSA) is 122 Å². The van der Waals surface area contributed by atoms with E-state index in [4.69, 9.17) is 6.57 Å². The van der Waals surface area contributed by atoms with Gasteiger partial charge in [0.05, 0.1) is 80.9 Å². The summed E-state index contributed by atoms with van der Waals surface area (Å²) in [5.41, 5.74) is 16.4. The van der Waals surface area contributed by atoms with Gasteiger partial charge in [0, 0.05) is 50.8 Å². The second kappa shape index (κ2) is 17.4. The molecule has 3 heterocycles. The van der Waals surface area contributed by atoms with E-state index in [1.165, 1.54) is 0 Å². The van der Waals surface area contributed by atoms with Crippen molar-refractivity contribution in [1.29, 1.82) is 21.0 Å². The maximum Gasteiger partial charge on any atom is 0.194 e. The lowest BCUT2D eigenvalue weighted by Crippen LogP contribution is -2.01. The van der Waals surface area contributed by atoms with Gasteiger partial charge in [-0.1, -0.05) is 103 Å². The molecule has 0 aliphatic rings. The van der Waals surface area contributed by atoms with Crippen LogP contribution in [-0.2, 0) is 0 Å². The first kappa shape index (κ1) is 42.5. The molecule has 9 aromatic carbocycles. The number of pyridine rings is 1. The first-order chi connectivity index (χ1) is 35.5. The van der Waals surface area contributed by atoms with Gasteiger partial charge in [-0.3, -0.25) is 4.98 Å². The van der Waals surface area contributed by atoms with Crippen LogP contribution >= 0.6 is 0 Å². The van der Waals surface area contributed by atoms with E-state index in [9.17, 15) is 21.0 Å². The zero-order valence-electron chi connectivity index (χ0n) is 38.2. The maximum absolute atomic E-state index is 10.9. The Kier molecular flexibility index (Phi) is 10.3. The van der Waals surface area contributed by atoms with Gasteiger partial charge in [0.1, 0.15) is 0 Å². The van der Waals surface area contributed by atoms with E-state index >= 15 is 0 Å². The highest BCUT2D eigenvalue weighted by Crippen LogP contribution is 2.43. The fourth-order valence-corrected chi connectivity index (χ4v) is 10.3. The van der Waals surface area contributed by atoms with Gasteiger partial charge in [-0.15, -0.1) is 0 Å². The predicted octanol–water partition coefficient (Wildman–Crippen LogP) is 15.6. The van der Waals surface area contributed by atoms with Crippen molar-refractivity contribution in [3.63, 3.8) is 0 Å². The van der Waals surface area contributed by atoms with Crippen LogP contribution in [0.25, 0.3) is 115 Å². The summed E-state index contributed by atoms with van der Waals surface area (Å²) in [5.74, 6) is 0. The Balaban J connectivity index is 1.09. The summed E-state index contributed by atoms with van der Waals surface area (Å²) < 4.78 is 4.41. The van der Waals surface area contributed by atoms with E-state index in [0.29, 0.717) is 33.5 Å². The third kappa shape index (κ3) is 6.84. The average Bonchev–Trinajstić information content (AvgIpc) is 3.96. The van der Waals surface area contributed by atoms with Gasteiger partial charge >= 0.3 is 0 Å². The Bertz CT molecular complexity index is 4250. The minimum atomic E-state index is 0.466. The summed E-state index contributed by atoms with van der Waals surface area (Å²) in [7, 11) is 0. The molecule has 0 aliphatic heterocycles. The molecule has 0 aliphatic carbocycles. The molecule has 72 heavy (non-hydrogen) atoms. The van der Waals surface area contributed by atoms with Crippen LogP contribution in [0, 0.1) is 51.9 Å². The van der Waals surface area contributed by atoms with Crippen molar-refractivity contribution in [1.82, 2.24) is 14.1 Å². The molecule has 8 nitrogen and oxygen atoms in total. The number of para-hydroxylation sites is 1. The molecule has 12 rings (SSSR count). The number of hydrogen-bond acceptors (Lipinski definition) is 5. The van der Waals surface area contributed by atoms with E-state index in [1.807, 2.05) is 146 Å². The van der Waals surface area contributed by atoms with Crippen LogP contribution in [0.1, 0.15) is 22.3 Å². The first-order valence-corrected chi connectivity index (χ1v) is 23.1. The Morgan fingerprint density at radius 1 is 0.375 bits per heavy atom. The lowest BCUT2D eigenvalue weighted by Gasteiger charge is -2.16. The van der Waals surface area contributed by atoms with Crippen LogP contribution in [0.3, 0.4) is 0 Å². The number of aromatic nitrogens is 3. The van der Waals surface area contributed by atoms with Crippen molar-refractivity contribution in [3.05, 3.63) is 240 Å². The molecule has 12 aromatic rings. The minimum absolute atomic E-state index is 0.466. The Hall–Kier alpha value is -10.8. The molecule has 0 spiro atoms. The summed E-state index contributed by atoms with van der Waals surface area (Å²) >= 11 is 0. The van der Waals surface area contributed by atoms with E-state index in [-0.39, 0.29) is 0 Å². The van der Waals surface area contributed by atoms with Gasteiger partial charge in [0.15, 0.2) is 5.69 Å². The fraction of sp³-hybridized carbons (Fsp3) is 0. The molecular formula is C64H34N8. The van der Waals surface area contributed by atoms with Crippen molar-refractivity contribution < 1.29 is 0 Å².